The van der Waals surface area contributed by atoms with Gasteiger partial charge >= 0.3 is 0 Å². The summed E-state index contributed by atoms with van der Waals surface area (Å²) in [6.45, 7) is 6.38. The molecule has 72 valence electrons. The predicted octanol–water partition coefficient (Wildman–Crippen LogP) is 1.93. The molecule has 1 aromatic rings. The zero-order valence-corrected chi connectivity index (χ0v) is 8.51. The number of aryl methyl sites for hydroxylation is 2. The third-order valence-corrected chi connectivity index (χ3v) is 2.00. The Morgan fingerprint density at radius 3 is 2.92 bits per heavy atom. The van der Waals surface area contributed by atoms with E-state index in [4.69, 9.17) is 0 Å². The molecule has 0 aromatic carbocycles. The highest BCUT2D eigenvalue weighted by Crippen LogP contribution is 2.03. The van der Waals surface area contributed by atoms with E-state index in [1.54, 1.807) is 0 Å². The topological polar surface area (TPSA) is 24.9 Å². The SMILES string of the molecule is CCNCCCc1cncc(C)c1. The summed E-state index contributed by atoms with van der Waals surface area (Å²) in [5.74, 6) is 0. The number of nitrogens with zero attached hydrogens (tertiary/aromatic N) is 1. The van der Waals surface area contributed by atoms with Crippen LogP contribution in [0.5, 0.6) is 0 Å². The summed E-state index contributed by atoms with van der Waals surface area (Å²) in [4.78, 5) is 4.16. The van der Waals surface area contributed by atoms with Crippen LogP contribution in [-0.2, 0) is 6.42 Å². The summed E-state index contributed by atoms with van der Waals surface area (Å²) in [7, 11) is 0. The molecule has 0 saturated heterocycles. The van der Waals surface area contributed by atoms with E-state index in [-0.39, 0.29) is 0 Å². The third kappa shape index (κ3) is 4.04. The smallest absolute Gasteiger partial charge is 0.0300 e. The van der Waals surface area contributed by atoms with Crippen molar-refractivity contribution in [2.75, 3.05) is 13.1 Å². The van der Waals surface area contributed by atoms with Gasteiger partial charge in [-0.25, -0.2) is 0 Å². The van der Waals surface area contributed by atoms with Gasteiger partial charge in [0.15, 0.2) is 0 Å². The second-order valence-electron chi connectivity index (χ2n) is 3.33. The van der Waals surface area contributed by atoms with Gasteiger partial charge in [-0.05, 0) is 44.0 Å². The maximum absolute atomic E-state index is 4.16. The highest BCUT2D eigenvalue weighted by molar-refractivity contribution is 5.16. The molecule has 1 aromatic heterocycles. The van der Waals surface area contributed by atoms with Crippen molar-refractivity contribution < 1.29 is 0 Å². The molecule has 0 aliphatic rings. The normalized spacial score (nSPS) is 10.3. The lowest BCUT2D eigenvalue weighted by molar-refractivity contribution is 0.672. The fraction of sp³-hybridized carbons (Fsp3) is 0.545. The standard InChI is InChI=1S/C11H18N2/c1-3-12-6-4-5-11-7-10(2)8-13-9-11/h7-9,12H,3-6H2,1-2H3. The van der Waals surface area contributed by atoms with Gasteiger partial charge in [-0.1, -0.05) is 13.0 Å². The summed E-state index contributed by atoms with van der Waals surface area (Å²) in [5, 5.41) is 3.31. The van der Waals surface area contributed by atoms with E-state index in [1.807, 2.05) is 12.4 Å². The molecule has 1 heterocycles. The number of hydrogen-bond acceptors (Lipinski definition) is 2. The number of nitrogens with one attached hydrogen (secondary N) is 1. The van der Waals surface area contributed by atoms with E-state index < -0.39 is 0 Å². The third-order valence-electron chi connectivity index (χ3n) is 2.00. The first-order valence-electron chi connectivity index (χ1n) is 4.94. The lowest BCUT2D eigenvalue weighted by Gasteiger charge is -2.02. The van der Waals surface area contributed by atoms with Crippen LogP contribution in [0.1, 0.15) is 24.5 Å². The molecule has 0 atom stereocenters. The second kappa shape index (κ2) is 5.70. The zero-order chi connectivity index (χ0) is 9.52. The quantitative estimate of drug-likeness (QED) is 0.697. The van der Waals surface area contributed by atoms with Crippen LogP contribution < -0.4 is 5.32 Å². The molecule has 2 heteroatoms. The van der Waals surface area contributed by atoms with E-state index in [9.17, 15) is 0 Å². The second-order valence-corrected chi connectivity index (χ2v) is 3.33. The molecule has 13 heavy (non-hydrogen) atoms. The Bertz CT molecular complexity index is 246. The van der Waals surface area contributed by atoms with Gasteiger partial charge in [-0.2, -0.15) is 0 Å². The maximum Gasteiger partial charge on any atom is 0.0300 e. The molecule has 2 nitrogen and oxygen atoms in total. The van der Waals surface area contributed by atoms with Gasteiger partial charge in [0.05, 0.1) is 0 Å². The molecule has 0 aliphatic heterocycles. The molecule has 0 unspecified atom stereocenters. The molecular formula is C11H18N2. The Balaban J connectivity index is 2.28. The predicted molar refractivity (Wildman–Crippen MR) is 55.8 cm³/mol. The van der Waals surface area contributed by atoms with Gasteiger partial charge in [0.2, 0.25) is 0 Å². The van der Waals surface area contributed by atoms with E-state index in [0.717, 1.165) is 19.5 Å². The number of rotatable bonds is 5. The van der Waals surface area contributed by atoms with Gasteiger partial charge in [0.25, 0.3) is 0 Å². The zero-order valence-electron chi connectivity index (χ0n) is 8.51. The van der Waals surface area contributed by atoms with Crippen molar-refractivity contribution in [3.63, 3.8) is 0 Å². The van der Waals surface area contributed by atoms with Crippen molar-refractivity contribution in [2.24, 2.45) is 0 Å². The van der Waals surface area contributed by atoms with E-state index in [0.29, 0.717) is 0 Å². The molecule has 1 N–H and O–H groups in total. The molecule has 1 rings (SSSR count). The van der Waals surface area contributed by atoms with Gasteiger partial charge in [0, 0.05) is 12.4 Å². The van der Waals surface area contributed by atoms with Crippen molar-refractivity contribution in [3.05, 3.63) is 29.6 Å². The first kappa shape index (κ1) is 10.2. The number of pyridine rings is 1. The molecule has 0 fully saturated rings. The monoisotopic (exact) mass is 178 g/mol. The highest BCUT2D eigenvalue weighted by Gasteiger charge is 1.93. The minimum atomic E-state index is 1.06. The van der Waals surface area contributed by atoms with Crippen molar-refractivity contribution in [2.45, 2.75) is 26.7 Å². The Labute approximate surface area is 80.4 Å². The van der Waals surface area contributed by atoms with Crippen LogP contribution in [0.4, 0.5) is 0 Å². The molecule has 0 radical (unpaired) electrons. The molecule has 0 bridgehead atoms. The molecule has 0 spiro atoms. The molecular weight excluding hydrogens is 160 g/mol. The summed E-state index contributed by atoms with van der Waals surface area (Å²) in [6.07, 6.45) is 6.17. The molecule has 0 amide bonds. The summed E-state index contributed by atoms with van der Waals surface area (Å²) < 4.78 is 0. The number of aromatic nitrogens is 1. The first-order valence-corrected chi connectivity index (χ1v) is 4.94. The number of hydrogen-bond donors (Lipinski definition) is 1. The first-order chi connectivity index (χ1) is 6.33. The van der Waals surface area contributed by atoms with E-state index >= 15 is 0 Å². The Morgan fingerprint density at radius 1 is 1.38 bits per heavy atom. The Hall–Kier alpha value is -0.890. The lowest BCUT2D eigenvalue weighted by atomic mass is 10.1. The average molecular weight is 178 g/mol. The fourth-order valence-electron chi connectivity index (χ4n) is 1.35. The molecule has 0 saturated carbocycles. The molecule has 0 aliphatic carbocycles. The lowest BCUT2D eigenvalue weighted by Crippen LogP contribution is -2.14. The fourth-order valence-corrected chi connectivity index (χ4v) is 1.35. The Kier molecular flexibility index (Phi) is 4.47. The van der Waals surface area contributed by atoms with Crippen LogP contribution in [0.15, 0.2) is 18.5 Å². The summed E-state index contributed by atoms with van der Waals surface area (Å²) in [6, 6.07) is 2.21. The van der Waals surface area contributed by atoms with Crippen LogP contribution in [0.3, 0.4) is 0 Å². The maximum atomic E-state index is 4.16. The van der Waals surface area contributed by atoms with Crippen LogP contribution in [-0.4, -0.2) is 18.1 Å². The van der Waals surface area contributed by atoms with Gasteiger partial charge in [0.1, 0.15) is 0 Å². The van der Waals surface area contributed by atoms with Gasteiger partial charge < -0.3 is 5.32 Å². The van der Waals surface area contributed by atoms with Gasteiger partial charge in [-0.15, -0.1) is 0 Å². The Morgan fingerprint density at radius 2 is 2.23 bits per heavy atom. The minimum absolute atomic E-state index is 1.06. The van der Waals surface area contributed by atoms with Crippen molar-refractivity contribution in [1.82, 2.24) is 10.3 Å². The van der Waals surface area contributed by atoms with E-state index in [1.165, 1.54) is 17.5 Å². The average Bonchev–Trinajstić information content (AvgIpc) is 2.13. The van der Waals surface area contributed by atoms with Crippen molar-refractivity contribution in [3.8, 4) is 0 Å². The van der Waals surface area contributed by atoms with Crippen LogP contribution in [0.2, 0.25) is 0 Å². The largest absolute Gasteiger partial charge is 0.317 e. The van der Waals surface area contributed by atoms with Crippen molar-refractivity contribution in [1.29, 1.82) is 0 Å². The van der Waals surface area contributed by atoms with E-state index in [2.05, 4.69) is 30.2 Å². The van der Waals surface area contributed by atoms with Crippen molar-refractivity contribution >= 4 is 0 Å². The van der Waals surface area contributed by atoms with Crippen LogP contribution in [0.25, 0.3) is 0 Å². The van der Waals surface area contributed by atoms with Gasteiger partial charge in [-0.3, -0.25) is 4.98 Å². The summed E-state index contributed by atoms with van der Waals surface area (Å²) in [5.41, 5.74) is 2.60. The summed E-state index contributed by atoms with van der Waals surface area (Å²) >= 11 is 0. The van der Waals surface area contributed by atoms with Crippen LogP contribution in [0, 0.1) is 6.92 Å². The van der Waals surface area contributed by atoms with Crippen LogP contribution >= 0.6 is 0 Å². The minimum Gasteiger partial charge on any atom is -0.317 e. The highest BCUT2D eigenvalue weighted by atomic mass is 14.8.